The van der Waals surface area contributed by atoms with E-state index in [2.05, 4.69) is 42.3 Å². The molecular weight excluding hydrogens is 334 g/mol. The molecular formula is C23H23N3O. The molecule has 2 aromatic carbocycles. The van der Waals surface area contributed by atoms with Gasteiger partial charge in [-0.3, -0.25) is 9.69 Å². The Balaban J connectivity index is 1.82. The molecule has 4 heteroatoms. The molecule has 1 unspecified atom stereocenters. The summed E-state index contributed by atoms with van der Waals surface area (Å²) in [5, 5.41) is 3.64. The molecule has 136 valence electrons. The number of fused-ring (bicyclic) bond motifs is 1. The molecule has 1 amide bonds. The van der Waals surface area contributed by atoms with Crippen LogP contribution in [0.1, 0.15) is 45.7 Å². The number of aryl methyl sites for hydroxylation is 3. The van der Waals surface area contributed by atoms with E-state index >= 15 is 0 Å². The van der Waals surface area contributed by atoms with Crippen LogP contribution in [0.2, 0.25) is 0 Å². The van der Waals surface area contributed by atoms with Crippen molar-refractivity contribution in [3.05, 3.63) is 88.6 Å². The van der Waals surface area contributed by atoms with Gasteiger partial charge in [-0.25, -0.2) is 4.98 Å². The Kier molecular flexibility index (Phi) is 4.40. The fraction of sp³-hybridized carbons (Fsp3) is 0.217. The molecule has 2 heterocycles. The van der Waals surface area contributed by atoms with Crippen LogP contribution in [0.3, 0.4) is 0 Å². The van der Waals surface area contributed by atoms with Crippen molar-refractivity contribution in [2.75, 3.05) is 10.2 Å². The zero-order valence-corrected chi connectivity index (χ0v) is 15.9. The van der Waals surface area contributed by atoms with E-state index in [1.165, 1.54) is 11.1 Å². The number of para-hydroxylation sites is 1. The monoisotopic (exact) mass is 357 g/mol. The molecule has 0 fully saturated rings. The maximum Gasteiger partial charge on any atom is 0.261 e. The number of nitrogens with one attached hydrogen (secondary N) is 1. The van der Waals surface area contributed by atoms with Crippen LogP contribution in [0.5, 0.6) is 0 Å². The predicted molar refractivity (Wildman–Crippen MR) is 109 cm³/mol. The van der Waals surface area contributed by atoms with E-state index in [0.29, 0.717) is 5.82 Å². The average molecular weight is 357 g/mol. The smallest absolute Gasteiger partial charge is 0.261 e. The topological polar surface area (TPSA) is 45.2 Å². The number of benzene rings is 2. The molecule has 1 aromatic heterocycles. The number of aromatic nitrogens is 1. The zero-order chi connectivity index (χ0) is 19.0. The van der Waals surface area contributed by atoms with Crippen molar-refractivity contribution in [3.8, 4) is 0 Å². The van der Waals surface area contributed by atoms with Gasteiger partial charge in [0.2, 0.25) is 0 Å². The van der Waals surface area contributed by atoms with Crippen LogP contribution in [0.15, 0.2) is 60.8 Å². The van der Waals surface area contributed by atoms with Crippen LogP contribution < -0.4 is 10.2 Å². The number of carbonyl (C=O) groups is 1. The molecule has 4 rings (SSSR count). The molecule has 4 nitrogen and oxygen atoms in total. The van der Waals surface area contributed by atoms with Gasteiger partial charge >= 0.3 is 0 Å². The highest BCUT2D eigenvalue weighted by Crippen LogP contribution is 2.38. The van der Waals surface area contributed by atoms with Gasteiger partial charge in [0.15, 0.2) is 0 Å². The molecule has 3 aromatic rings. The first-order valence-corrected chi connectivity index (χ1v) is 9.30. The number of hydrogen-bond donors (Lipinski definition) is 1. The van der Waals surface area contributed by atoms with E-state index in [9.17, 15) is 4.79 Å². The van der Waals surface area contributed by atoms with Crippen molar-refractivity contribution in [2.45, 2.75) is 33.4 Å². The van der Waals surface area contributed by atoms with Gasteiger partial charge in [-0.2, -0.15) is 0 Å². The molecule has 0 saturated carbocycles. The normalized spacial score (nSPS) is 15.7. The number of hydrogen-bond acceptors (Lipinski definition) is 3. The van der Waals surface area contributed by atoms with Crippen LogP contribution >= 0.6 is 0 Å². The van der Waals surface area contributed by atoms with Crippen LogP contribution in [0.4, 0.5) is 11.5 Å². The third-order valence-corrected chi connectivity index (χ3v) is 5.13. The minimum Gasteiger partial charge on any atom is -0.361 e. The second-order valence-corrected chi connectivity index (χ2v) is 6.97. The van der Waals surface area contributed by atoms with Gasteiger partial charge < -0.3 is 5.32 Å². The molecule has 27 heavy (non-hydrogen) atoms. The number of amides is 1. The Hall–Kier alpha value is -3.14. The largest absolute Gasteiger partial charge is 0.361 e. The van der Waals surface area contributed by atoms with Crippen molar-refractivity contribution in [1.29, 1.82) is 0 Å². The summed E-state index contributed by atoms with van der Waals surface area (Å²) < 4.78 is 0. The van der Waals surface area contributed by atoms with Crippen molar-refractivity contribution in [1.82, 2.24) is 4.98 Å². The fourth-order valence-electron chi connectivity index (χ4n) is 3.66. The second kappa shape index (κ2) is 6.88. The maximum atomic E-state index is 13.2. The second-order valence-electron chi connectivity index (χ2n) is 6.97. The zero-order valence-electron chi connectivity index (χ0n) is 15.9. The van der Waals surface area contributed by atoms with Crippen molar-refractivity contribution in [3.63, 3.8) is 0 Å². The third kappa shape index (κ3) is 2.97. The highest BCUT2D eigenvalue weighted by atomic mass is 16.2. The summed E-state index contributed by atoms with van der Waals surface area (Å²) in [5.41, 5.74) is 6.28. The minimum atomic E-state index is -0.282. The van der Waals surface area contributed by atoms with Crippen LogP contribution in [0, 0.1) is 13.8 Å². The fourth-order valence-corrected chi connectivity index (χ4v) is 3.66. The van der Waals surface area contributed by atoms with Crippen molar-refractivity contribution in [2.24, 2.45) is 0 Å². The standard InChI is InChI=1S/C23H23N3O/c1-4-17-9-7-8-16(3)21(17)25-22-18-10-5-6-11-19(18)23(27)26(22)20-13-12-15(2)14-24-20/h5-14,22,25H,4H2,1-3H3. The summed E-state index contributed by atoms with van der Waals surface area (Å²) in [6.45, 7) is 6.24. The van der Waals surface area contributed by atoms with E-state index in [-0.39, 0.29) is 12.1 Å². The summed E-state index contributed by atoms with van der Waals surface area (Å²) in [6, 6.07) is 18.0. The van der Waals surface area contributed by atoms with E-state index < -0.39 is 0 Å². The average Bonchev–Trinajstić information content (AvgIpc) is 2.96. The number of pyridine rings is 1. The van der Waals surface area contributed by atoms with Gasteiger partial charge in [-0.1, -0.05) is 49.4 Å². The number of rotatable bonds is 4. The number of anilines is 2. The van der Waals surface area contributed by atoms with Crippen molar-refractivity contribution < 1.29 is 4.79 Å². The summed E-state index contributed by atoms with van der Waals surface area (Å²) >= 11 is 0. The molecule has 0 radical (unpaired) electrons. The van der Waals surface area contributed by atoms with Crippen molar-refractivity contribution >= 4 is 17.4 Å². The summed E-state index contributed by atoms with van der Waals surface area (Å²) in [6.07, 6.45) is 2.44. The lowest BCUT2D eigenvalue weighted by Gasteiger charge is -2.28. The Labute approximate surface area is 159 Å². The molecule has 0 bridgehead atoms. The molecule has 0 aliphatic carbocycles. The quantitative estimate of drug-likeness (QED) is 0.712. The third-order valence-electron chi connectivity index (χ3n) is 5.13. The maximum absolute atomic E-state index is 13.2. The minimum absolute atomic E-state index is 0.0221. The Morgan fingerprint density at radius 2 is 1.85 bits per heavy atom. The Bertz CT molecular complexity index is 995. The first-order valence-electron chi connectivity index (χ1n) is 9.30. The van der Waals surface area contributed by atoms with Gasteiger partial charge in [0.05, 0.1) is 0 Å². The first-order chi connectivity index (χ1) is 13.1. The molecule has 1 atom stereocenters. The summed E-state index contributed by atoms with van der Waals surface area (Å²) in [4.78, 5) is 19.4. The highest BCUT2D eigenvalue weighted by molar-refractivity contribution is 6.11. The molecule has 1 aliphatic rings. The van der Waals surface area contributed by atoms with E-state index in [1.54, 1.807) is 11.1 Å². The number of nitrogens with zero attached hydrogens (tertiary/aromatic N) is 2. The highest BCUT2D eigenvalue weighted by Gasteiger charge is 2.38. The van der Waals surface area contributed by atoms with E-state index in [1.807, 2.05) is 43.3 Å². The van der Waals surface area contributed by atoms with E-state index in [4.69, 9.17) is 0 Å². The van der Waals surface area contributed by atoms with Gasteiger partial charge in [-0.05, 0) is 49.1 Å². The molecule has 0 saturated heterocycles. The van der Waals surface area contributed by atoms with Crippen LogP contribution in [0.25, 0.3) is 0 Å². The summed E-state index contributed by atoms with van der Waals surface area (Å²) in [7, 11) is 0. The van der Waals surface area contributed by atoms with E-state index in [0.717, 1.165) is 28.8 Å². The van der Waals surface area contributed by atoms with Gasteiger partial charge in [0, 0.05) is 23.0 Å². The molecule has 1 aliphatic heterocycles. The number of carbonyl (C=O) groups excluding carboxylic acids is 1. The lowest BCUT2D eigenvalue weighted by atomic mass is 10.0. The van der Waals surface area contributed by atoms with Gasteiger partial charge in [-0.15, -0.1) is 0 Å². The Morgan fingerprint density at radius 3 is 2.59 bits per heavy atom. The lowest BCUT2D eigenvalue weighted by Crippen LogP contribution is -2.33. The van der Waals surface area contributed by atoms with Crippen LogP contribution in [-0.4, -0.2) is 10.9 Å². The Morgan fingerprint density at radius 1 is 1.04 bits per heavy atom. The SMILES string of the molecule is CCc1cccc(C)c1NC1c2ccccc2C(=O)N1c1ccc(C)cn1. The van der Waals surface area contributed by atoms with Gasteiger partial charge in [0.1, 0.15) is 12.0 Å². The van der Waals surface area contributed by atoms with Crippen LogP contribution in [-0.2, 0) is 6.42 Å². The molecule has 0 spiro atoms. The summed E-state index contributed by atoms with van der Waals surface area (Å²) in [5.74, 6) is 0.636. The van der Waals surface area contributed by atoms with Gasteiger partial charge in [0.25, 0.3) is 5.91 Å². The predicted octanol–water partition coefficient (Wildman–Crippen LogP) is 5.03. The molecule has 1 N–H and O–H groups in total. The first kappa shape index (κ1) is 17.3. The lowest BCUT2D eigenvalue weighted by molar-refractivity contribution is 0.0992.